The molecule has 0 atom stereocenters. The van der Waals surface area contributed by atoms with Crippen molar-refractivity contribution in [3.63, 3.8) is 0 Å². The van der Waals surface area contributed by atoms with Crippen LogP contribution in [0.1, 0.15) is 16.1 Å². The van der Waals surface area contributed by atoms with Gasteiger partial charge in [0.1, 0.15) is 10.9 Å². The van der Waals surface area contributed by atoms with E-state index in [1.807, 2.05) is 18.2 Å². The maximum atomic E-state index is 12.1. The number of carbonyl (C=O) groups is 1. The second-order valence-corrected chi connectivity index (χ2v) is 6.57. The second-order valence-electron chi connectivity index (χ2n) is 4.55. The summed E-state index contributed by atoms with van der Waals surface area (Å²) >= 11 is 12.4. The predicted octanol–water partition coefficient (Wildman–Crippen LogP) is 3.48. The Labute approximate surface area is 152 Å². The number of nitrogens with one attached hydrogen (secondary N) is 2. The lowest BCUT2D eigenvalue weighted by molar-refractivity contribution is 0.102. The number of hydrogen-bond acceptors (Lipinski definition) is 4. The zero-order valence-electron chi connectivity index (χ0n) is 11.4. The summed E-state index contributed by atoms with van der Waals surface area (Å²) in [4.78, 5) is 16.2. The van der Waals surface area contributed by atoms with Crippen molar-refractivity contribution in [3.05, 3.63) is 55.9 Å². The van der Waals surface area contributed by atoms with Crippen LogP contribution in [-0.2, 0) is 6.54 Å². The Morgan fingerprint density at radius 1 is 1.39 bits per heavy atom. The Bertz CT molecular complexity index is 862. The molecule has 7 nitrogen and oxygen atoms in total. The van der Waals surface area contributed by atoms with E-state index in [1.165, 1.54) is 6.33 Å². The highest BCUT2D eigenvalue weighted by molar-refractivity contribution is 9.13. The maximum absolute atomic E-state index is 12.1. The first kappa shape index (κ1) is 16.2. The number of H-pyrrole nitrogens is 1. The third-order valence-corrected chi connectivity index (χ3v) is 4.99. The minimum atomic E-state index is -0.417. The molecule has 0 bridgehead atoms. The second kappa shape index (κ2) is 6.81. The summed E-state index contributed by atoms with van der Waals surface area (Å²) in [5.41, 5.74) is 1.20. The number of anilines is 1. The van der Waals surface area contributed by atoms with Gasteiger partial charge in [0.2, 0.25) is 5.95 Å². The van der Waals surface area contributed by atoms with Crippen molar-refractivity contribution in [1.82, 2.24) is 25.0 Å². The van der Waals surface area contributed by atoms with E-state index in [2.05, 4.69) is 57.5 Å². The number of aromatic amines is 1. The summed E-state index contributed by atoms with van der Waals surface area (Å²) in [6.45, 7) is 0.501. The highest BCUT2D eigenvalue weighted by Crippen LogP contribution is 2.24. The van der Waals surface area contributed by atoms with Gasteiger partial charge in [-0.2, -0.15) is 5.10 Å². The highest BCUT2D eigenvalue weighted by atomic mass is 79.9. The molecule has 1 amide bonds. The van der Waals surface area contributed by atoms with Crippen molar-refractivity contribution in [2.24, 2.45) is 0 Å². The summed E-state index contributed by atoms with van der Waals surface area (Å²) in [5.74, 6) is -0.220. The molecule has 0 unspecified atom stereocenters. The number of benzene rings is 1. The van der Waals surface area contributed by atoms with Crippen molar-refractivity contribution < 1.29 is 4.79 Å². The molecule has 2 N–H and O–H groups in total. The summed E-state index contributed by atoms with van der Waals surface area (Å²) in [7, 11) is 0. The largest absolute Gasteiger partial charge is 0.288 e. The Morgan fingerprint density at radius 3 is 2.91 bits per heavy atom. The van der Waals surface area contributed by atoms with Crippen molar-refractivity contribution >= 4 is 55.3 Å². The molecule has 0 saturated heterocycles. The van der Waals surface area contributed by atoms with Crippen LogP contribution in [0, 0.1) is 0 Å². The molecule has 0 radical (unpaired) electrons. The Morgan fingerprint density at radius 2 is 2.22 bits per heavy atom. The van der Waals surface area contributed by atoms with Gasteiger partial charge in [-0.1, -0.05) is 23.7 Å². The SMILES string of the molecule is O=C(Nc1ncn(Cc2cccc(Cl)c2)n1)c1n[nH]c(Br)c1Br. The molecule has 3 rings (SSSR count). The van der Waals surface area contributed by atoms with E-state index in [1.54, 1.807) is 10.7 Å². The van der Waals surface area contributed by atoms with Crippen LogP contribution in [0.5, 0.6) is 0 Å². The summed E-state index contributed by atoms with van der Waals surface area (Å²) in [6, 6.07) is 7.45. The molecule has 0 spiro atoms. The van der Waals surface area contributed by atoms with Gasteiger partial charge in [-0.25, -0.2) is 9.67 Å². The number of nitrogens with zero attached hydrogens (tertiary/aromatic N) is 4. The Kier molecular flexibility index (Phi) is 4.79. The van der Waals surface area contributed by atoms with Crippen molar-refractivity contribution in [1.29, 1.82) is 0 Å². The molecule has 0 aliphatic rings. The quantitative estimate of drug-likeness (QED) is 0.624. The number of amides is 1. The zero-order chi connectivity index (χ0) is 16.4. The number of rotatable bonds is 4. The molecule has 1 aromatic carbocycles. The summed E-state index contributed by atoms with van der Waals surface area (Å²) in [5, 5.41) is 14.0. The monoisotopic (exact) mass is 458 g/mol. The minimum absolute atomic E-state index is 0.197. The summed E-state index contributed by atoms with van der Waals surface area (Å²) < 4.78 is 2.73. The van der Waals surface area contributed by atoms with Crippen molar-refractivity contribution in [2.45, 2.75) is 6.54 Å². The molecular weight excluding hydrogens is 451 g/mol. The average Bonchev–Trinajstić information content (AvgIpc) is 3.07. The van der Waals surface area contributed by atoms with E-state index in [0.717, 1.165) is 5.56 Å². The number of carbonyl (C=O) groups excluding carboxylic acids is 1. The van der Waals surface area contributed by atoms with Gasteiger partial charge in [0.05, 0.1) is 11.0 Å². The van der Waals surface area contributed by atoms with Crippen LogP contribution >= 0.6 is 43.5 Å². The van der Waals surface area contributed by atoms with Crippen LogP contribution in [0.25, 0.3) is 0 Å². The van der Waals surface area contributed by atoms with E-state index in [-0.39, 0.29) is 11.6 Å². The first-order valence-corrected chi connectivity index (χ1v) is 8.34. The van der Waals surface area contributed by atoms with Crippen LogP contribution in [0.4, 0.5) is 5.95 Å². The molecule has 10 heteroatoms. The smallest absolute Gasteiger partial charge is 0.279 e. The molecular formula is C13H9Br2ClN6O. The van der Waals surface area contributed by atoms with E-state index >= 15 is 0 Å². The standard InChI is InChI=1S/C13H9Br2ClN6O/c14-9-10(19-20-11(9)15)12(23)18-13-17-6-22(21-13)5-7-2-1-3-8(16)4-7/h1-4,6H,5H2,(H,19,20)(H,18,21,23). The van der Waals surface area contributed by atoms with E-state index in [9.17, 15) is 4.79 Å². The molecule has 0 saturated carbocycles. The van der Waals surface area contributed by atoms with Crippen LogP contribution < -0.4 is 5.32 Å². The van der Waals surface area contributed by atoms with Gasteiger partial charge >= 0.3 is 0 Å². The van der Waals surface area contributed by atoms with Gasteiger partial charge < -0.3 is 0 Å². The molecule has 2 aromatic heterocycles. The van der Waals surface area contributed by atoms with Gasteiger partial charge in [-0.15, -0.1) is 5.10 Å². The molecule has 0 fully saturated rings. The Balaban J connectivity index is 1.70. The molecule has 2 heterocycles. The van der Waals surface area contributed by atoms with Crippen LogP contribution in [0.2, 0.25) is 5.02 Å². The fraction of sp³-hybridized carbons (Fsp3) is 0.0769. The lowest BCUT2D eigenvalue weighted by Crippen LogP contribution is -2.14. The summed E-state index contributed by atoms with van der Waals surface area (Å²) in [6.07, 6.45) is 1.53. The number of halogens is 3. The fourth-order valence-electron chi connectivity index (χ4n) is 1.87. The van der Waals surface area contributed by atoms with Crippen molar-refractivity contribution in [2.75, 3.05) is 5.32 Å². The van der Waals surface area contributed by atoms with Gasteiger partial charge in [-0.3, -0.25) is 15.2 Å². The highest BCUT2D eigenvalue weighted by Gasteiger charge is 2.18. The van der Waals surface area contributed by atoms with Crippen LogP contribution in [0.15, 0.2) is 39.7 Å². The first-order chi connectivity index (χ1) is 11.0. The molecule has 3 aromatic rings. The van der Waals surface area contributed by atoms with E-state index in [0.29, 0.717) is 20.6 Å². The van der Waals surface area contributed by atoms with Crippen LogP contribution in [-0.4, -0.2) is 30.9 Å². The third kappa shape index (κ3) is 3.80. The molecule has 0 aliphatic carbocycles. The van der Waals surface area contributed by atoms with E-state index in [4.69, 9.17) is 11.6 Å². The van der Waals surface area contributed by atoms with Gasteiger partial charge in [0, 0.05) is 5.02 Å². The molecule has 118 valence electrons. The van der Waals surface area contributed by atoms with Crippen LogP contribution in [0.3, 0.4) is 0 Å². The zero-order valence-corrected chi connectivity index (χ0v) is 15.4. The lowest BCUT2D eigenvalue weighted by Gasteiger charge is -2.01. The number of aromatic nitrogens is 5. The Hall–Kier alpha value is -1.71. The fourth-order valence-corrected chi connectivity index (χ4v) is 2.72. The average molecular weight is 461 g/mol. The van der Waals surface area contributed by atoms with E-state index < -0.39 is 5.91 Å². The maximum Gasteiger partial charge on any atom is 0.279 e. The first-order valence-electron chi connectivity index (χ1n) is 6.37. The predicted molar refractivity (Wildman–Crippen MR) is 92.5 cm³/mol. The lowest BCUT2D eigenvalue weighted by atomic mass is 10.2. The normalized spacial score (nSPS) is 10.7. The van der Waals surface area contributed by atoms with Gasteiger partial charge in [-0.05, 0) is 49.6 Å². The molecule has 23 heavy (non-hydrogen) atoms. The number of hydrogen-bond donors (Lipinski definition) is 2. The third-order valence-electron chi connectivity index (χ3n) is 2.88. The van der Waals surface area contributed by atoms with Gasteiger partial charge in [0.25, 0.3) is 5.91 Å². The molecule has 0 aliphatic heterocycles. The topological polar surface area (TPSA) is 88.5 Å². The minimum Gasteiger partial charge on any atom is -0.288 e. The van der Waals surface area contributed by atoms with Gasteiger partial charge in [0.15, 0.2) is 5.69 Å². The van der Waals surface area contributed by atoms with Crippen molar-refractivity contribution in [3.8, 4) is 0 Å².